The van der Waals surface area contributed by atoms with E-state index in [1.54, 1.807) is 14.2 Å². The summed E-state index contributed by atoms with van der Waals surface area (Å²) < 4.78 is 10.8. The molecule has 5 heteroatoms. The number of carbonyl (C=O) groups is 1. The monoisotopic (exact) mass is 298 g/mol. The summed E-state index contributed by atoms with van der Waals surface area (Å²) in [6.45, 7) is 1.86. The molecule has 0 amide bonds. The number of halogens is 1. The van der Waals surface area contributed by atoms with Crippen molar-refractivity contribution in [1.29, 1.82) is 0 Å². The molecule has 1 N–H and O–H groups in total. The van der Waals surface area contributed by atoms with Crippen molar-refractivity contribution in [3.05, 3.63) is 22.2 Å². The topological polar surface area (TPSA) is 55.8 Å². The predicted octanol–water partition coefficient (Wildman–Crippen LogP) is 3.63. The molecule has 0 aromatic heterocycles. The first-order chi connectivity index (χ1) is 9.49. The van der Waals surface area contributed by atoms with Gasteiger partial charge in [-0.3, -0.25) is 4.79 Å². The van der Waals surface area contributed by atoms with Crippen LogP contribution in [0.15, 0.2) is 6.07 Å². The summed E-state index contributed by atoms with van der Waals surface area (Å²) in [5, 5.41) is 9.63. The maximum Gasteiger partial charge on any atom is 0.303 e. The molecule has 0 saturated heterocycles. The van der Waals surface area contributed by atoms with Crippen LogP contribution in [0.1, 0.15) is 36.3 Å². The van der Waals surface area contributed by atoms with Gasteiger partial charge < -0.3 is 14.6 Å². The zero-order chi connectivity index (χ0) is 14.9. The number of rotatable bonds is 6. The Kier molecular flexibility index (Phi) is 4.43. The molecule has 1 unspecified atom stereocenters. The Bertz CT molecular complexity index is 523. The molecule has 20 heavy (non-hydrogen) atoms. The highest BCUT2D eigenvalue weighted by molar-refractivity contribution is 6.33. The van der Waals surface area contributed by atoms with Crippen molar-refractivity contribution >= 4 is 17.6 Å². The van der Waals surface area contributed by atoms with E-state index in [9.17, 15) is 4.79 Å². The number of benzene rings is 1. The molecule has 2 rings (SSSR count). The van der Waals surface area contributed by atoms with Gasteiger partial charge in [-0.2, -0.15) is 0 Å². The number of hydrogen-bond acceptors (Lipinski definition) is 3. The summed E-state index contributed by atoms with van der Waals surface area (Å²) in [7, 11) is 3.14. The zero-order valence-electron chi connectivity index (χ0n) is 11.9. The van der Waals surface area contributed by atoms with Gasteiger partial charge in [0.25, 0.3) is 0 Å². The second-order valence-electron chi connectivity index (χ2n) is 5.18. The Morgan fingerprint density at radius 3 is 2.55 bits per heavy atom. The van der Waals surface area contributed by atoms with Gasteiger partial charge in [0.15, 0.2) is 0 Å². The van der Waals surface area contributed by atoms with Crippen LogP contribution in [0.5, 0.6) is 11.5 Å². The summed E-state index contributed by atoms with van der Waals surface area (Å²) in [6, 6.07) is 1.87. The van der Waals surface area contributed by atoms with Crippen molar-refractivity contribution in [1.82, 2.24) is 0 Å². The van der Waals surface area contributed by atoms with E-state index in [0.717, 1.165) is 24.0 Å². The van der Waals surface area contributed by atoms with Crippen LogP contribution >= 0.6 is 11.6 Å². The van der Waals surface area contributed by atoms with E-state index in [-0.39, 0.29) is 12.3 Å². The molecule has 0 radical (unpaired) electrons. The molecule has 110 valence electrons. The van der Waals surface area contributed by atoms with Gasteiger partial charge in [-0.05, 0) is 31.7 Å². The quantitative estimate of drug-likeness (QED) is 0.871. The highest BCUT2D eigenvalue weighted by Crippen LogP contribution is 2.50. The molecule has 1 fully saturated rings. The van der Waals surface area contributed by atoms with E-state index >= 15 is 0 Å². The van der Waals surface area contributed by atoms with Gasteiger partial charge in [0.05, 0.1) is 25.7 Å². The Hall–Kier alpha value is -1.42. The van der Waals surface area contributed by atoms with Crippen molar-refractivity contribution in [3.63, 3.8) is 0 Å². The molecule has 1 atom stereocenters. The average molecular weight is 299 g/mol. The molecule has 1 saturated carbocycles. The molecule has 0 spiro atoms. The molecule has 1 aliphatic rings. The smallest absolute Gasteiger partial charge is 0.303 e. The van der Waals surface area contributed by atoms with E-state index < -0.39 is 5.97 Å². The molecular formula is C15H19ClO4. The summed E-state index contributed by atoms with van der Waals surface area (Å²) in [5.41, 5.74) is 1.64. The fraction of sp³-hybridized carbons (Fsp3) is 0.533. The maximum atomic E-state index is 11.1. The zero-order valence-corrected chi connectivity index (χ0v) is 12.7. The van der Waals surface area contributed by atoms with Gasteiger partial charge in [-0.15, -0.1) is 0 Å². The Labute approximate surface area is 123 Å². The molecular weight excluding hydrogens is 280 g/mol. The Morgan fingerprint density at radius 2 is 2.10 bits per heavy atom. The molecule has 1 aromatic rings. The molecule has 0 aliphatic heterocycles. The Morgan fingerprint density at radius 1 is 1.45 bits per heavy atom. The first kappa shape index (κ1) is 15.0. The van der Waals surface area contributed by atoms with Gasteiger partial charge in [-0.1, -0.05) is 11.6 Å². The van der Waals surface area contributed by atoms with Gasteiger partial charge in [0.1, 0.15) is 11.5 Å². The first-order valence-corrected chi connectivity index (χ1v) is 7.00. The van der Waals surface area contributed by atoms with Gasteiger partial charge >= 0.3 is 5.97 Å². The molecule has 1 aliphatic carbocycles. The third-order valence-electron chi connectivity index (χ3n) is 3.86. The third-order valence-corrected chi connectivity index (χ3v) is 4.31. The van der Waals surface area contributed by atoms with Crippen molar-refractivity contribution in [2.45, 2.75) is 32.1 Å². The lowest BCUT2D eigenvalue weighted by molar-refractivity contribution is -0.137. The summed E-state index contributed by atoms with van der Waals surface area (Å²) in [5.74, 6) is 0.752. The lowest BCUT2D eigenvalue weighted by Gasteiger charge is -2.21. The van der Waals surface area contributed by atoms with Crippen LogP contribution in [-0.2, 0) is 4.79 Å². The first-order valence-electron chi connectivity index (χ1n) is 6.62. The van der Waals surface area contributed by atoms with Crippen LogP contribution in [0.4, 0.5) is 0 Å². The standard InChI is InChI=1S/C15H19ClO4/c1-8-12(19-2)6-11(15(20-3)14(8)16)10(7-13(17)18)9-4-5-9/h6,9-10H,4-5,7H2,1-3H3,(H,17,18). The summed E-state index contributed by atoms with van der Waals surface area (Å²) >= 11 is 6.34. The van der Waals surface area contributed by atoms with Crippen LogP contribution < -0.4 is 9.47 Å². The highest BCUT2D eigenvalue weighted by atomic mass is 35.5. The molecule has 0 bridgehead atoms. The van der Waals surface area contributed by atoms with Crippen LogP contribution in [0.25, 0.3) is 0 Å². The average Bonchev–Trinajstić information content (AvgIpc) is 3.23. The van der Waals surface area contributed by atoms with Crippen LogP contribution in [-0.4, -0.2) is 25.3 Å². The summed E-state index contributed by atoms with van der Waals surface area (Å²) in [6.07, 6.45) is 2.19. The lowest BCUT2D eigenvalue weighted by Crippen LogP contribution is -2.11. The second-order valence-corrected chi connectivity index (χ2v) is 5.56. The highest BCUT2D eigenvalue weighted by Gasteiger charge is 2.36. The van der Waals surface area contributed by atoms with E-state index in [1.807, 2.05) is 13.0 Å². The summed E-state index contributed by atoms with van der Waals surface area (Å²) in [4.78, 5) is 11.1. The van der Waals surface area contributed by atoms with Gasteiger partial charge in [0, 0.05) is 17.0 Å². The van der Waals surface area contributed by atoms with Crippen molar-refractivity contribution in [3.8, 4) is 11.5 Å². The molecule has 0 heterocycles. The number of carboxylic acids is 1. The fourth-order valence-corrected chi connectivity index (χ4v) is 2.91. The second kappa shape index (κ2) is 5.92. The van der Waals surface area contributed by atoms with E-state index in [2.05, 4.69) is 0 Å². The predicted molar refractivity (Wildman–Crippen MR) is 77.0 cm³/mol. The van der Waals surface area contributed by atoms with Crippen LogP contribution in [0.2, 0.25) is 5.02 Å². The lowest BCUT2D eigenvalue weighted by atomic mass is 9.89. The number of ether oxygens (including phenoxy) is 2. The van der Waals surface area contributed by atoms with Gasteiger partial charge in [-0.25, -0.2) is 0 Å². The maximum absolute atomic E-state index is 11.1. The Balaban J connectivity index is 2.51. The van der Waals surface area contributed by atoms with Crippen molar-refractivity contribution in [2.24, 2.45) is 5.92 Å². The van der Waals surface area contributed by atoms with E-state index in [1.165, 1.54) is 0 Å². The third kappa shape index (κ3) is 2.85. The number of methoxy groups -OCH3 is 2. The number of hydrogen-bond donors (Lipinski definition) is 1. The minimum atomic E-state index is -0.806. The normalized spacial score (nSPS) is 15.8. The number of carboxylic acid groups (broad SMARTS) is 1. The van der Waals surface area contributed by atoms with E-state index in [4.69, 9.17) is 26.2 Å². The molecule has 1 aromatic carbocycles. The van der Waals surface area contributed by atoms with Crippen molar-refractivity contribution in [2.75, 3.05) is 14.2 Å². The largest absolute Gasteiger partial charge is 0.496 e. The van der Waals surface area contributed by atoms with Crippen molar-refractivity contribution < 1.29 is 19.4 Å². The SMILES string of the molecule is COc1cc(C(CC(=O)O)C2CC2)c(OC)c(Cl)c1C. The van der Waals surface area contributed by atoms with Crippen LogP contribution in [0, 0.1) is 12.8 Å². The number of aliphatic carboxylic acids is 1. The minimum absolute atomic E-state index is 0.0746. The van der Waals surface area contributed by atoms with Gasteiger partial charge in [0.2, 0.25) is 0 Å². The van der Waals surface area contributed by atoms with Crippen LogP contribution in [0.3, 0.4) is 0 Å². The van der Waals surface area contributed by atoms with E-state index in [0.29, 0.717) is 22.4 Å². The fourth-order valence-electron chi connectivity index (χ4n) is 2.63. The minimum Gasteiger partial charge on any atom is -0.496 e. The molecule has 4 nitrogen and oxygen atoms in total.